The van der Waals surface area contributed by atoms with Crippen LogP contribution in [0.4, 0.5) is 0 Å². The number of allylic oxidation sites excluding steroid dienone is 4. The first-order valence-corrected chi connectivity index (χ1v) is 13.1. The molecule has 33 heavy (non-hydrogen) atoms. The Labute approximate surface area is 200 Å². The number of aliphatic carboxylic acids is 1. The minimum atomic E-state index is -0.854. The molecule has 186 valence electrons. The molecule has 3 aliphatic carbocycles. The highest BCUT2D eigenvalue weighted by molar-refractivity contribution is 5.67. The van der Waals surface area contributed by atoms with Gasteiger partial charge in [-0.05, 0) is 99.9 Å². The van der Waals surface area contributed by atoms with Gasteiger partial charge in [-0.3, -0.25) is 4.79 Å². The number of carboxylic acids is 1. The summed E-state index contributed by atoms with van der Waals surface area (Å²) in [5, 5.41) is 29.6. The molecule has 3 aliphatic rings. The quantitative estimate of drug-likeness (QED) is 0.391. The zero-order chi connectivity index (χ0) is 24.4. The molecule has 3 saturated carbocycles. The molecule has 4 heteroatoms. The average molecular weight is 459 g/mol. The van der Waals surface area contributed by atoms with E-state index in [2.05, 4.69) is 32.6 Å². The van der Waals surface area contributed by atoms with Crippen molar-refractivity contribution in [3.8, 4) is 0 Å². The van der Waals surface area contributed by atoms with Gasteiger partial charge in [0.15, 0.2) is 0 Å². The van der Waals surface area contributed by atoms with Gasteiger partial charge in [0.2, 0.25) is 0 Å². The average Bonchev–Trinajstić information content (AvgIpc) is 3.05. The van der Waals surface area contributed by atoms with Gasteiger partial charge in [0.25, 0.3) is 0 Å². The van der Waals surface area contributed by atoms with Crippen molar-refractivity contribution < 1.29 is 20.1 Å². The number of carbonyl (C=O) groups is 1. The van der Waals surface area contributed by atoms with Gasteiger partial charge in [-0.25, -0.2) is 0 Å². The first-order chi connectivity index (χ1) is 15.4. The Kier molecular flexibility index (Phi) is 8.32. The molecule has 0 saturated heterocycles. The summed E-state index contributed by atoms with van der Waals surface area (Å²) >= 11 is 0. The Morgan fingerprint density at radius 3 is 2.67 bits per heavy atom. The number of aliphatic hydroxyl groups is 2. The van der Waals surface area contributed by atoms with Crippen molar-refractivity contribution in [2.24, 2.45) is 29.1 Å². The standard InChI is InChI=1S/C29H46O4/c1-19(8-6-14-28(3,4)33)24-12-13-25-21(9-7-15-29(24,25)5)10-11-22-17-26(30)23(16-20(22)2)18-27(31)32/h10-11,19,23-26,30,33H,2,6-9,12-18H2,1,3-5H3,(H,31,32)/b21-10+,22-11-/t19-,23+,24?,25?,26-,29-/m1/s1. The van der Waals surface area contributed by atoms with Gasteiger partial charge in [0.1, 0.15) is 0 Å². The third-order valence-electron chi connectivity index (χ3n) is 9.04. The SMILES string of the molecule is C=C1C[C@@H](CC(=O)O)[C@H](O)C/C1=C/C=C1\CCC[C@@]2(C)C1CCC2[C@H](C)CCCC(C)(C)O. The summed E-state index contributed by atoms with van der Waals surface area (Å²) in [6, 6.07) is 0. The lowest BCUT2D eigenvalue weighted by Gasteiger charge is -2.44. The zero-order valence-electron chi connectivity index (χ0n) is 21.3. The fourth-order valence-corrected chi connectivity index (χ4v) is 7.22. The monoisotopic (exact) mass is 458 g/mol. The summed E-state index contributed by atoms with van der Waals surface area (Å²) in [4.78, 5) is 11.1. The predicted molar refractivity (Wildman–Crippen MR) is 134 cm³/mol. The summed E-state index contributed by atoms with van der Waals surface area (Å²) in [5.41, 5.74) is 3.40. The van der Waals surface area contributed by atoms with Gasteiger partial charge in [0, 0.05) is 0 Å². The lowest BCUT2D eigenvalue weighted by Crippen LogP contribution is -2.36. The molecule has 2 unspecified atom stereocenters. The topological polar surface area (TPSA) is 77.8 Å². The molecule has 0 radical (unpaired) electrons. The van der Waals surface area contributed by atoms with E-state index >= 15 is 0 Å². The second-order valence-corrected chi connectivity index (χ2v) is 12.1. The van der Waals surface area contributed by atoms with Crippen LogP contribution < -0.4 is 0 Å². The maximum absolute atomic E-state index is 11.1. The highest BCUT2D eigenvalue weighted by atomic mass is 16.4. The summed E-state index contributed by atoms with van der Waals surface area (Å²) < 4.78 is 0. The summed E-state index contributed by atoms with van der Waals surface area (Å²) in [6.07, 6.45) is 14.3. The first-order valence-electron chi connectivity index (χ1n) is 13.1. The van der Waals surface area contributed by atoms with E-state index in [1.54, 1.807) is 5.57 Å². The van der Waals surface area contributed by atoms with Crippen molar-refractivity contribution in [2.75, 3.05) is 0 Å². The van der Waals surface area contributed by atoms with Gasteiger partial charge in [-0.1, -0.05) is 56.6 Å². The Morgan fingerprint density at radius 2 is 2.00 bits per heavy atom. The molecule has 0 spiro atoms. The summed E-state index contributed by atoms with van der Waals surface area (Å²) in [7, 11) is 0. The van der Waals surface area contributed by atoms with Crippen LogP contribution in [0.5, 0.6) is 0 Å². The molecule has 0 heterocycles. The van der Waals surface area contributed by atoms with Crippen LogP contribution in [-0.2, 0) is 4.79 Å². The molecule has 0 aromatic rings. The lowest BCUT2D eigenvalue weighted by atomic mass is 9.60. The van der Waals surface area contributed by atoms with E-state index in [0.717, 1.165) is 36.3 Å². The Hall–Kier alpha value is -1.39. The largest absolute Gasteiger partial charge is 0.481 e. The highest BCUT2D eigenvalue weighted by Gasteiger charge is 2.50. The predicted octanol–water partition coefficient (Wildman–Crippen LogP) is 6.43. The van der Waals surface area contributed by atoms with E-state index in [9.17, 15) is 15.0 Å². The molecular formula is C29H46O4. The smallest absolute Gasteiger partial charge is 0.303 e. The third-order valence-corrected chi connectivity index (χ3v) is 9.04. The van der Waals surface area contributed by atoms with Crippen LogP contribution in [0.15, 0.2) is 35.5 Å². The summed E-state index contributed by atoms with van der Waals surface area (Å²) in [5.74, 6) is 0.967. The Balaban J connectivity index is 1.67. The van der Waals surface area contributed by atoms with Crippen LogP contribution in [0.1, 0.15) is 98.3 Å². The number of carboxylic acid groups (broad SMARTS) is 1. The molecule has 4 nitrogen and oxygen atoms in total. The fraction of sp³-hybridized carbons (Fsp3) is 0.759. The maximum Gasteiger partial charge on any atom is 0.303 e. The van der Waals surface area contributed by atoms with Crippen molar-refractivity contribution in [1.82, 2.24) is 0 Å². The second-order valence-electron chi connectivity index (χ2n) is 12.1. The van der Waals surface area contributed by atoms with Gasteiger partial charge >= 0.3 is 5.97 Å². The van der Waals surface area contributed by atoms with Crippen LogP contribution in [0.25, 0.3) is 0 Å². The summed E-state index contributed by atoms with van der Waals surface area (Å²) in [6.45, 7) is 12.9. The molecule has 0 bridgehead atoms. The van der Waals surface area contributed by atoms with Gasteiger partial charge in [-0.2, -0.15) is 0 Å². The van der Waals surface area contributed by atoms with E-state index in [1.165, 1.54) is 32.1 Å². The maximum atomic E-state index is 11.1. The molecule has 0 aromatic carbocycles. The third kappa shape index (κ3) is 6.39. The number of rotatable bonds is 8. The minimum Gasteiger partial charge on any atom is -0.481 e. The highest BCUT2D eigenvalue weighted by Crippen LogP contribution is 2.60. The number of fused-ring (bicyclic) bond motifs is 1. The van der Waals surface area contributed by atoms with Crippen LogP contribution in [0, 0.1) is 29.1 Å². The van der Waals surface area contributed by atoms with Crippen LogP contribution >= 0.6 is 0 Å². The molecule has 3 N–H and O–H groups in total. The van der Waals surface area contributed by atoms with Crippen molar-refractivity contribution in [1.29, 1.82) is 0 Å². The number of hydrogen-bond donors (Lipinski definition) is 3. The molecule has 6 atom stereocenters. The van der Waals surface area contributed by atoms with E-state index in [0.29, 0.717) is 30.1 Å². The normalized spacial score (nSPS) is 36.2. The number of hydrogen-bond acceptors (Lipinski definition) is 3. The van der Waals surface area contributed by atoms with Gasteiger partial charge < -0.3 is 15.3 Å². The molecule has 0 amide bonds. The number of aliphatic hydroxyl groups excluding tert-OH is 1. The fourth-order valence-electron chi connectivity index (χ4n) is 7.22. The van der Waals surface area contributed by atoms with Gasteiger partial charge in [0.05, 0.1) is 18.1 Å². The van der Waals surface area contributed by atoms with E-state index < -0.39 is 17.7 Å². The van der Waals surface area contributed by atoms with Crippen molar-refractivity contribution in [3.05, 3.63) is 35.5 Å². The molecular weight excluding hydrogens is 412 g/mol. The first kappa shape index (κ1) is 26.2. The van der Waals surface area contributed by atoms with Gasteiger partial charge in [-0.15, -0.1) is 0 Å². The van der Waals surface area contributed by atoms with Crippen LogP contribution in [0.2, 0.25) is 0 Å². The van der Waals surface area contributed by atoms with E-state index in [-0.39, 0.29) is 12.3 Å². The van der Waals surface area contributed by atoms with Crippen molar-refractivity contribution in [3.63, 3.8) is 0 Å². The molecule has 3 rings (SSSR count). The van der Waals surface area contributed by atoms with Crippen LogP contribution in [0.3, 0.4) is 0 Å². The minimum absolute atomic E-state index is 0.00432. The van der Waals surface area contributed by atoms with E-state index in [4.69, 9.17) is 5.11 Å². The Morgan fingerprint density at radius 1 is 1.27 bits per heavy atom. The molecule has 0 aliphatic heterocycles. The Bertz CT molecular complexity index is 786. The van der Waals surface area contributed by atoms with Crippen LogP contribution in [-0.4, -0.2) is 33.0 Å². The molecule has 3 fully saturated rings. The van der Waals surface area contributed by atoms with Crippen molar-refractivity contribution in [2.45, 2.75) is 110 Å². The zero-order valence-corrected chi connectivity index (χ0v) is 21.3. The molecule has 0 aromatic heterocycles. The lowest BCUT2D eigenvalue weighted by molar-refractivity contribution is -0.139. The van der Waals surface area contributed by atoms with E-state index in [1.807, 2.05) is 13.8 Å². The second kappa shape index (κ2) is 10.5. The van der Waals surface area contributed by atoms with Crippen molar-refractivity contribution >= 4 is 5.97 Å².